The van der Waals surface area contributed by atoms with Crippen LogP contribution in [0.5, 0.6) is 0 Å². The van der Waals surface area contributed by atoms with Crippen LogP contribution >= 0.6 is 0 Å². The Hall–Kier alpha value is -1.93. The van der Waals surface area contributed by atoms with Gasteiger partial charge in [-0.3, -0.25) is 9.59 Å². The lowest BCUT2D eigenvalue weighted by atomic mass is 10.1. The van der Waals surface area contributed by atoms with E-state index in [2.05, 4.69) is 5.32 Å². The quantitative estimate of drug-likeness (QED) is 0.733. The van der Waals surface area contributed by atoms with Gasteiger partial charge in [0.05, 0.1) is 10.8 Å². The van der Waals surface area contributed by atoms with E-state index in [4.69, 9.17) is 0 Å². The summed E-state index contributed by atoms with van der Waals surface area (Å²) >= 11 is 0. The Labute approximate surface area is 173 Å². The van der Waals surface area contributed by atoms with Crippen LogP contribution in [0, 0.1) is 12.8 Å². The lowest BCUT2D eigenvalue weighted by Gasteiger charge is -2.24. The molecule has 0 unspecified atom stereocenters. The molecule has 1 aromatic rings. The van der Waals surface area contributed by atoms with Crippen molar-refractivity contribution in [1.29, 1.82) is 0 Å². The van der Waals surface area contributed by atoms with Crippen molar-refractivity contribution in [3.63, 3.8) is 0 Å². The molecule has 8 heteroatoms. The van der Waals surface area contributed by atoms with Crippen molar-refractivity contribution in [3.8, 4) is 0 Å². The molecule has 7 nitrogen and oxygen atoms in total. The van der Waals surface area contributed by atoms with Gasteiger partial charge in [-0.05, 0) is 37.5 Å². The molecule has 160 valence electrons. The maximum atomic E-state index is 12.9. The molecule has 2 aliphatic rings. The first-order valence-corrected chi connectivity index (χ1v) is 11.9. The van der Waals surface area contributed by atoms with E-state index in [1.165, 1.54) is 10.4 Å². The normalized spacial score (nSPS) is 20.6. The summed E-state index contributed by atoms with van der Waals surface area (Å²) in [6.07, 6.45) is 4.53. The number of nitrogens with zero attached hydrogens (tertiary/aromatic N) is 2. The number of rotatable bonds is 7. The molecular formula is C21H31N3O4S. The van der Waals surface area contributed by atoms with Crippen LogP contribution in [0.4, 0.5) is 5.69 Å². The monoisotopic (exact) mass is 421 g/mol. The van der Waals surface area contributed by atoms with Crippen LogP contribution in [0.1, 0.15) is 51.5 Å². The zero-order valence-corrected chi connectivity index (χ0v) is 18.3. The number of sulfonamides is 1. The lowest BCUT2D eigenvalue weighted by Crippen LogP contribution is -2.35. The Bertz CT molecular complexity index is 874. The third-order valence-electron chi connectivity index (χ3n) is 6.07. The van der Waals surface area contributed by atoms with Gasteiger partial charge in [-0.25, -0.2) is 8.42 Å². The van der Waals surface area contributed by atoms with E-state index in [1.54, 1.807) is 32.9 Å². The zero-order chi connectivity index (χ0) is 21.2. The van der Waals surface area contributed by atoms with Crippen molar-refractivity contribution in [1.82, 2.24) is 9.21 Å². The molecule has 29 heavy (non-hydrogen) atoms. The van der Waals surface area contributed by atoms with Crippen molar-refractivity contribution < 1.29 is 18.0 Å². The third-order valence-corrected chi connectivity index (χ3v) is 8.27. The first-order chi connectivity index (χ1) is 13.8. The number of likely N-dealkylation sites (tertiary alicyclic amines) is 1. The van der Waals surface area contributed by atoms with E-state index < -0.39 is 15.9 Å². The van der Waals surface area contributed by atoms with Crippen LogP contribution in [0.25, 0.3) is 0 Å². The molecule has 0 bridgehead atoms. The van der Waals surface area contributed by atoms with Gasteiger partial charge in [-0.15, -0.1) is 0 Å². The van der Waals surface area contributed by atoms with Gasteiger partial charge in [-0.1, -0.05) is 32.8 Å². The van der Waals surface area contributed by atoms with E-state index in [0.717, 1.165) is 25.7 Å². The molecule has 1 atom stereocenters. The summed E-state index contributed by atoms with van der Waals surface area (Å²) < 4.78 is 27.2. The number of hydrogen-bond acceptors (Lipinski definition) is 4. The predicted molar refractivity (Wildman–Crippen MR) is 112 cm³/mol. The van der Waals surface area contributed by atoms with Gasteiger partial charge in [0, 0.05) is 37.8 Å². The van der Waals surface area contributed by atoms with Crippen LogP contribution < -0.4 is 5.32 Å². The van der Waals surface area contributed by atoms with Crippen LogP contribution in [0.15, 0.2) is 23.1 Å². The highest BCUT2D eigenvalue weighted by atomic mass is 32.2. The van der Waals surface area contributed by atoms with Gasteiger partial charge in [0.15, 0.2) is 0 Å². The van der Waals surface area contributed by atoms with E-state index in [-0.39, 0.29) is 29.2 Å². The fourth-order valence-electron chi connectivity index (χ4n) is 4.38. The van der Waals surface area contributed by atoms with Gasteiger partial charge in [0.1, 0.15) is 0 Å². The van der Waals surface area contributed by atoms with Crippen molar-refractivity contribution in [2.75, 3.05) is 25.0 Å². The molecule has 2 fully saturated rings. The van der Waals surface area contributed by atoms with Gasteiger partial charge >= 0.3 is 0 Å². The molecular weight excluding hydrogens is 390 g/mol. The number of carbonyl (C=O) groups excluding carboxylic acids is 2. The van der Waals surface area contributed by atoms with Gasteiger partial charge < -0.3 is 10.2 Å². The standard InChI is InChI=1S/C21H31N3O4S/c1-4-23(5-2)29(27,28)19-13-17(11-10-15(19)3)22-21(26)16-12-20(25)24(14-16)18-8-6-7-9-18/h10-11,13,16,18H,4-9,12,14H2,1-3H3,(H,22,26)/t16-/m1/s1. The van der Waals surface area contributed by atoms with Crippen molar-refractivity contribution in [3.05, 3.63) is 23.8 Å². The Morgan fingerprint density at radius 2 is 1.86 bits per heavy atom. The predicted octanol–water partition coefficient (Wildman–Crippen LogP) is 2.76. The van der Waals surface area contributed by atoms with Crippen LogP contribution in [0.2, 0.25) is 0 Å². The molecule has 1 heterocycles. The Kier molecular flexibility index (Phi) is 6.63. The highest BCUT2D eigenvalue weighted by Gasteiger charge is 2.38. The molecule has 1 saturated carbocycles. The fraction of sp³-hybridized carbons (Fsp3) is 0.619. The Morgan fingerprint density at radius 1 is 1.21 bits per heavy atom. The number of aryl methyl sites for hydroxylation is 1. The van der Waals surface area contributed by atoms with Gasteiger partial charge in [0.2, 0.25) is 21.8 Å². The molecule has 2 amide bonds. The SMILES string of the molecule is CCN(CC)S(=O)(=O)c1cc(NC(=O)[C@@H]2CC(=O)N(C3CCCC3)C2)ccc1C. The minimum atomic E-state index is -3.62. The molecule has 3 rings (SSSR count). The largest absolute Gasteiger partial charge is 0.339 e. The second-order valence-electron chi connectivity index (χ2n) is 7.94. The van der Waals surface area contributed by atoms with Crippen molar-refractivity contribution >= 4 is 27.5 Å². The van der Waals surface area contributed by atoms with Crippen LogP contribution in [-0.2, 0) is 19.6 Å². The molecule has 0 radical (unpaired) electrons. The average Bonchev–Trinajstić information content (AvgIpc) is 3.33. The maximum Gasteiger partial charge on any atom is 0.243 e. The second-order valence-corrected chi connectivity index (χ2v) is 9.85. The number of hydrogen-bond donors (Lipinski definition) is 1. The number of nitrogens with one attached hydrogen (secondary N) is 1. The molecule has 0 aromatic heterocycles. The van der Waals surface area contributed by atoms with E-state index in [1.807, 2.05) is 4.90 Å². The molecule has 1 aliphatic heterocycles. The highest BCUT2D eigenvalue weighted by Crippen LogP contribution is 2.30. The molecule has 1 N–H and O–H groups in total. The molecule has 1 saturated heterocycles. The van der Waals surface area contributed by atoms with E-state index >= 15 is 0 Å². The number of anilines is 1. The van der Waals surface area contributed by atoms with Crippen molar-refractivity contribution in [2.45, 2.75) is 63.8 Å². The van der Waals surface area contributed by atoms with Gasteiger partial charge in [0.25, 0.3) is 0 Å². The number of carbonyl (C=O) groups is 2. The van der Waals surface area contributed by atoms with E-state index in [0.29, 0.717) is 30.9 Å². The molecule has 0 spiro atoms. The van der Waals surface area contributed by atoms with Crippen LogP contribution in [0.3, 0.4) is 0 Å². The minimum absolute atomic E-state index is 0.0470. The summed E-state index contributed by atoms with van der Waals surface area (Å²) in [6, 6.07) is 5.20. The minimum Gasteiger partial charge on any atom is -0.339 e. The third kappa shape index (κ3) is 4.48. The summed E-state index contributed by atoms with van der Waals surface area (Å²) in [7, 11) is -3.62. The number of amides is 2. The Balaban J connectivity index is 1.74. The smallest absolute Gasteiger partial charge is 0.243 e. The summed E-state index contributed by atoms with van der Waals surface area (Å²) in [4.78, 5) is 27.2. The summed E-state index contributed by atoms with van der Waals surface area (Å²) in [5, 5.41) is 2.83. The lowest BCUT2D eigenvalue weighted by molar-refractivity contribution is -0.129. The second kappa shape index (κ2) is 8.83. The zero-order valence-electron chi connectivity index (χ0n) is 17.5. The first-order valence-electron chi connectivity index (χ1n) is 10.5. The van der Waals surface area contributed by atoms with Gasteiger partial charge in [-0.2, -0.15) is 4.31 Å². The molecule has 1 aromatic carbocycles. The van der Waals surface area contributed by atoms with E-state index in [9.17, 15) is 18.0 Å². The maximum absolute atomic E-state index is 12.9. The number of benzene rings is 1. The first kappa shape index (κ1) is 21.8. The Morgan fingerprint density at radius 3 is 2.48 bits per heavy atom. The van der Waals surface area contributed by atoms with Crippen molar-refractivity contribution in [2.24, 2.45) is 5.92 Å². The summed E-state index contributed by atoms with van der Waals surface area (Å²) in [6.45, 7) is 6.57. The highest BCUT2D eigenvalue weighted by molar-refractivity contribution is 7.89. The summed E-state index contributed by atoms with van der Waals surface area (Å²) in [5.41, 5.74) is 1.08. The fourth-order valence-corrected chi connectivity index (χ4v) is 6.09. The molecule has 1 aliphatic carbocycles. The topological polar surface area (TPSA) is 86.8 Å². The summed E-state index contributed by atoms with van der Waals surface area (Å²) in [5.74, 6) is -0.577. The average molecular weight is 422 g/mol. The van der Waals surface area contributed by atoms with Crippen LogP contribution in [-0.4, -0.2) is 55.1 Å².